The number of likely N-dealkylation sites (N-methyl/N-ethyl adjacent to an activating group) is 1. The van der Waals surface area contributed by atoms with Crippen molar-refractivity contribution in [1.82, 2.24) is 4.90 Å². The van der Waals surface area contributed by atoms with Crippen molar-refractivity contribution in [3.05, 3.63) is 0 Å². The third-order valence-electron chi connectivity index (χ3n) is 3.20. The van der Waals surface area contributed by atoms with E-state index < -0.39 is 0 Å². The highest BCUT2D eigenvalue weighted by Gasteiger charge is 2.17. The number of nitrogens with zero attached hydrogens (tertiary/aromatic N) is 1. The number of thioether (sulfide) groups is 1. The number of carbonyl (C=O) groups excluding carboxylic acids is 1. The lowest BCUT2D eigenvalue weighted by Crippen LogP contribution is -2.40. The van der Waals surface area contributed by atoms with E-state index in [4.69, 9.17) is 10.5 Å². The first-order chi connectivity index (χ1) is 8.15. The molecule has 1 aliphatic heterocycles. The zero-order valence-corrected chi connectivity index (χ0v) is 12.9. The van der Waals surface area contributed by atoms with E-state index >= 15 is 0 Å². The monoisotopic (exact) mass is 296 g/mol. The van der Waals surface area contributed by atoms with Gasteiger partial charge in [0.05, 0.1) is 11.9 Å². The summed E-state index contributed by atoms with van der Waals surface area (Å²) in [5.74, 6) is 1.61. The molecule has 1 heterocycles. The third kappa shape index (κ3) is 6.27. The lowest BCUT2D eigenvalue weighted by Gasteiger charge is -2.25. The Labute approximate surface area is 120 Å². The highest BCUT2D eigenvalue weighted by Crippen LogP contribution is 2.17. The Bertz CT molecular complexity index is 238. The molecule has 0 spiro atoms. The Balaban J connectivity index is 0.00000289. The van der Waals surface area contributed by atoms with Gasteiger partial charge in [-0.15, -0.1) is 24.2 Å². The first-order valence-electron chi connectivity index (χ1n) is 6.30. The molecular weight excluding hydrogens is 272 g/mol. The van der Waals surface area contributed by atoms with Crippen LogP contribution in [0.3, 0.4) is 0 Å². The van der Waals surface area contributed by atoms with Crippen LogP contribution in [0.4, 0.5) is 0 Å². The zero-order chi connectivity index (χ0) is 12.7. The Kier molecular flexibility index (Phi) is 9.91. The van der Waals surface area contributed by atoms with Crippen molar-refractivity contribution in [3.8, 4) is 0 Å². The number of amides is 1. The Morgan fingerprint density at radius 3 is 2.83 bits per heavy atom. The van der Waals surface area contributed by atoms with Crippen molar-refractivity contribution < 1.29 is 9.53 Å². The molecule has 108 valence electrons. The second-order valence-corrected chi connectivity index (χ2v) is 5.62. The van der Waals surface area contributed by atoms with Gasteiger partial charge in [0.15, 0.2) is 0 Å². The second kappa shape index (κ2) is 9.89. The van der Waals surface area contributed by atoms with Gasteiger partial charge in [0.1, 0.15) is 0 Å². The first kappa shape index (κ1) is 18.0. The summed E-state index contributed by atoms with van der Waals surface area (Å²) >= 11 is 1.67. The van der Waals surface area contributed by atoms with E-state index in [-0.39, 0.29) is 24.4 Å². The van der Waals surface area contributed by atoms with Crippen LogP contribution < -0.4 is 5.73 Å². The molecule has 0 saturated carbocycles. The number of ether oxygens (including phenoxy) is 1. The van der Waals surface area contributed by atoms with Gasteiger partial charge in [-0.3, -0.25) is 4.79 Å². The highest BCUT2D eigenvalue weighted by molar-refractivity contribution is 7.99. The SMILES string of the molecule is CC(CN)N(C)C(=O)CSCC1CCCCO1.Cl. The summed E-state index contributed by atoms with van der Waals surface area (Å²) in [6.07, 6.45) is 3.91. The molecule has 1 amide bonds. The maximum atomic E-state index is 11.8. The molecule has 0 radical (unpaired) electrons. The van der Waals surface area contributed by atoms with Crippen LogP contribution in [-0.4, -0.2) is 54.7 Å². The van der Waals surface area contributed by atoms with Crippen LogP contribution in [0, 0.1) is 0 Å². The predicted molar refractivity (Wildman–Crippen MR) is 79.5 cm³/mol. The maximum Gasteiger partial charge on any atom is 0.232 e. The molecule has 1 aliphatic rings. The lowest BCUT2D eigenvalue weighted by atomic mass is 10.1. The zero-order valence-electron chi connectivity index (χ0n) is 11.3. The molecule has 2 N–H and O–H groups in total. The molecule has 1 fully saturated rings. The molecule has 2 atom stereocenters. The molecule has 1 rings (SSSR count). The van der Waals surface area contributed by atoms with Crippen LogP contribution in [-0.2, 0) is 9.53 Å². The van der Waals surface area contributed by atoms with E-state index in [1.165, 1.54) is 12.8 Å². The molecule has 2 unspecified atom stereocenters. The quantitative estimate of drug-likeness (QED) is 0.807. The normalized spacial score (nSPS) is 20.9. The van der Waals surface area contributed by atoms with Crippen molar-refractivity contribution >= 4 is 30.1 Å². The van der Waals surface area contributed by atoms with E-state index in [2.05, 4.69) is 0 Å². The minimum atomic E-state index is 0. The van der Waals surface area contributed by atoms with Gasteiger partial charge in [-0.2, -0.15) is 0 Å². The van der Waals surface area contributed by atoms with Crippen LogP contribution in [0.1, 0.15) is 26.2 Å². The first-order valence-corrected chi connectivity index (χ1v) is 7.45. The number of hydrogen-bond acceptors (Lipinski definition) is 4. The van der Waals surface area contributed by atoms with Crippen molar-refractivity contribution in [2.45, 2.75) is 38.3 Å². The molecule has 0 aliphatic carbocycles. The number of nitrogens with two attached hydrogens (primary N) is 1. The van der Waals surface area contributed by atoms with Gasteiger partial charge < -0.3 is 15.4 Å². The number of carbonyl (C=O) groups is 1. The molecule has 0 bridgehead atoms. The largest absolute Gasteiger partial charge is 0.377 e. The minimum absolute atomic E-state index is 0. The van der Waals surface area contributed by atoms with E-state index in [1.54, 1.807) is 16.7 Å². The molecule has 6 heteroatoms. The van der Waals surface area contributed by atoms with E-state index in [0.717, 1.165) is 18.8 Å². The van der Waals surface area contributed by atoms with Crippen LogP contribution in [0.2, 0.25) is 0 Å². The average molecular weight is 297 g/mol. The van der Waals surface area contributed by atoms with Crippen molar-refractivity contribution in [3.63, 3.8) is 0 Å². The smallest absolute Gasteiger partial charge is 0.232 e. The molecule has 18 heavy (non-hydrogen) atoms. The molecule has 1 saturated heterocycles. The molecule has 0 aromatic rings. The number of hydrogen-bond donors (Lipinski definition) is 1. The molecule has 0 aromatic heterocycles. The van der Waals surface area contributed by atoms with E-state index in [1.807, 2.05) is 14.0 Å². The molecule has 0 aromatic carbocycles. The number of rotatable bonds is 6. The Morgan fingerprint density at radius 2 is 2.28 bits per heavy atom. The van der Waals surface area contributed by atoms with Crippen molar-refractivity contribution in [1.29, 1.82) is 0 Å². The number of halogens is 1. The van der Waals surface area contributed by atoms with Gasteiger partial charge in [0, 0.05) is 32.0 Å². The Morgan fingerprint density at radius 1 is 1.56 bits per heavy atom. The maximum absolute atomic E-state index is 11.8. The third-order valence-corrected chi connectivity index (χ3v) is 4.26. The fraction of sp³-hybridized carbons (Fsp3) is 0.917. The summed E-state index contributed by atoms with van der Waals surface area (Å²) in [5, 5.41) is 0. The van der Waals surface area contributed by atoms with Crippen LogP contribution in [0.25, 0.3) is 0 Å². The topological polar surface area (TPSA) is 55.6 Å². The highest BCUT2D eigenvalue weighted by atomic mass is 35.5. The average Bonchev–Trinajstić information content (AvgIpc) is 2.38. The van der Waals surface area contributed by atoms with Gasteiger partial charge in [-0.05, 0) is 26.2 Å². The van der Waals surface area contributed by atoms with Gasteiger partial charge in [-0.1, -0.05) is 0 Å². The minimum Gasteiger partial charge on any atom is -0.377 e. The van der Waals surface area contributed by atoms with Gasteiger partial charge in [-0.25, -0.2) is 0 Å². The van der Waals surface area contributed by atoms with Gasteiger partial charge >= 0.3 is 0 Å². The van der Waals surface area contributed by atoms with Crippen LogP contribution in [0.5, 0.6) is 0 Å². The van der Waals surface area contributed by atoms with Crippen LogP contribution in [0.15, 0.2) is 0 Å². The van der Waals surface area contributed by atoms with E-state index in [9.17, 15) is 4.79 Å². The van der Waals surface area contributed by atoms with E-state index in [0.29, 0.717) is 18.4 Å². The summed E-state index contributed by atoms with van der Waals surface area (Å²) in [4.78, 5) is 13.5. The van der Waals surface area contributed by atoms with Gasteiger partial charge in [0.2, 0.25) is 5.91 Å². The molecular formula is C12H25ClN2O2S. The summed E-state index contributed by atoms with van der Waals surface area (Å²) < 4.78 is 5.62. The Hall–Kier alpha value is 0.0300. The van der Waals surface area contributed by atoms with Crippen LogP contribution >= 0.6 is 24.2 Å². The lowest BCUT2D eigenvalue weighted by molar-refractivity contribution is -0.128. The van der Waals surface area contributed by atoms with Crippen molar-refractivity contribution in [2.24, 2.45) is 5.73 Å². The standard InChI is InChI=1S/C12H24N2O2S.ClH/c1-10(7-13)14(2)12(15)9-17-8-11-5-3-4-6-16-11;/h10-11H,3-9,13H2,1-2H3;1H. The fourth-order valence-corrected chi connectivity index (χ4v) is 2.74. The summed E-state index contributed by atoms with van der Waals surface area (Å²) in [6.45, 7) is 3.36. The van der Waals surface area contributed by atoms with Gasteiger partial charge in [0.25, 0.3) is 0 Å². The second-order valence-electron chi connectivity index (χ2n) is 4.59. The fourth-order valence-electron chi connectivity index (χ4n) is 1.72. The summed E-state index contributed by atoms with van der Waals surface area (Å²) in [5.41, 5.74) is 5.54. The summed E-state index contributed by atoms with van der Waals surface area (Å²) in [7, 11) is 1.82. The van der Waals surface area contributed by atoms with Crippen molar-refractivity contribution in [2.75, 3.05) is 31.7 Å². The molecule has 4 nitrogen and oxygen atoms in total. The predicted octanol–water partition coefficient (Wildman–Crippen LogP) is 1.52. The summed E-state index contributed by atoms with van der Waals surface area (Å²) in [6, 6.07) is 0.119.